The van der Waals surface area contributed by atoms with Crippen molar-refractivity contribution in [1.29, 1.82) is 0 Å². The van der Waals surface area contributed by atoms with E-state index in [0.29, 0.717) is 5.56 Å². The van der Waals surface area contributed by atoms with Gasteiger partial charge < -0.3 is 5.32 Å². The molecule has 0 aliphatic rings. The first-order valence-electron chi connectivity index (χ1n) is 5.31. The van der Waals surface area contributed by atoms with E-state index in [9.17, 15) is 14.5 Å². The van der Waals surface area contributed by atoms with E-state index >= 15 is 0 Å². The predicted molar refractivity (Wildman–Crippen MR) is 64.2 cm³/mol. The Morgan fingerprint density at radius 3 is 2.94 bits per heavy atom. The third-order valence-electron chi connectivity index (χ3n) is 2.40. The molecule has 1 rings (SSSR count). The maximum Gasteiger partial charge on any atom is 0.274 e. The molecule has 0 aliphatic heterocycles. The highest BCUT2D eigenvalue weighted by molar-refractivity contribution is 5.40. The van der Waals surface area contributed by atoms with Crippen molar-refractivity contribution < 1.29 is 9.31 Å². The van der Waals surface area contributed by atoms with Gasteiger partial charge in [0.25, 0.3) is 5.69 Å². The van der Waals surface area contributed by atoms with Gasteiger partial charge in [-0.05, 0) is 25.5 Å². The van der Waals surface area contributed by atoms with Crippen molar-refractivity contribution in [3.05, 3.63) is 52.3 Å². The van der Waals surface area contributed by atoms with Crippen LogP contribution in [0.25, 0.3) is 0 Å². The molecule has 17 heavy (non-hydrogen) atoms. The predicted octanol–water partition coefficient (Wildman–Crippen LogP) is 2.79. The van der Waals surface area contributed by atoms with E-state index in [1.54, 1.807) is 6.08 Å². The Labute approximate surface area is 99.3 Å². The van der Waals surface area contributed by atoms with Crippen LogP contribution in [0.2, 0.25) is 0 Å². The summed E-state index contributed by atoms with van der Waals surface area (Å²) in [5.74, 6) is -0.469. The van der Waals surface area contributed by atoms with Crippen LogP contribution in [0.3, 0.4) is 0 Å². The standard InChI is InChI=1S/C12H15FN2O2/c1-3-4-9(2)14-8-10-7-11(13)5-6-12(10)15(16)17/h3,5-7,9,14H,1,4,8H2,2H3. The molecule has 4 nitrogen and oxygen atoms in total. The average Bonchev–Trinajstić information content (AvgIpc) is 2.26. The number of benzene rings is 1. The summed E-state index contributed by atoms with van der Waals surface area (Å²) in [6.07, 6.45) is 2.51. The number of nitrogens with one attached hydrogen (secondary N) is 1. The third-order valence-corrected chi connectivity index (χ3v) is 2.40. The lowest BCUT2D eigenvalue weighted by molar-refractivity contribution is -0.385. The Morgan fingerprint density at radius 2 is 2.35 bits per heavy atom. The minimum Gasteiger partial charge on any atom is -0.310 e. The van der Waals surface area contributed by atoms with E-state index in [2.05, 4.69) is 11.9 Å². The Bertz CT molecular complexity index is 421. The van der Waals surface area contributed by atoms with Gasteiger partial charge in [0.2, 0.25) is 0 Å². The molecule has 0 saturated heterocycles. The largest absolute Gasteiger partial charge is 0.310 e. The normalized spacial score (nSPS) is 12.1. The minimum absolute atomic E-state index is 0.0651. The molecule has 92 valence electrons. The Balaban J connectivity index is 2.78. The fourth-order valence-corrected chi connectivity index (χ4v) is 1.49. The minimum atomic E-state index is -0.505. The zero-order chi connectivity index (χ0) is 12.8. The van der Waals surface area contributed by atoms with E-state index in [4.69, 9.17) is 0 Å². The number of rotatable bonds is 6. The zero-order valence-electron chi connectivity index (χ0n) is 9.65. The lowest BCUT2D eigenvalue weighted by atomic mass is 10.1. The highest BCUT2D eigenvalue weighted by atomic mass is 19.1. The maximum absolute atomic E-state index is 13.0. The fourth-order valence-electron chi connectivity index (χ4n) is 1.49. The number of nitrogens with zero attached hydrogens (tertiary/aromatic N) is 1. The van der Waals surface area contributed by atoms with Gasteiger partial charge in [-0.25, -0.2) is 4.39 Å². The first-order valence-corrected chi connectivity index (χ1v) is 5.31. The lowest BCUT2D eigenvalue weighted by Crippen LogP contribution is -2.25. The summed E-state index contributed by atoms with van der Waals surface area (Å²) in [7, 11) is 0. The van der Waals surface area contributed by atoms with Gasteiger partial charge in [0, 0.05) is 24.2 Å². The van der Waals surface area contributed by atoms with Crippen LogP contribution in [0.4, 0.5) is 10.1 Å². The number of hydrogen-bond donors (Lipinski definition) is 1. The van der Waals surface area contributed by atoms with Crippen LogP contribution in [-0.2, 0) is 6.54 Å². The van der Waals surface area contributed by atoms with E-state index < -0.39 is 10.7 Å². The van der Waals surface area contributed by atoms with Gasteiger partial charge in [-0.2, -0.15) is 0 Å². The summed E-state index contributed by atoms with van der Waals surface area (Å²) in [6.45, 7) is 5.81. The summed E-state index contributed by atoms with van der Waals surface area (Å²) in [6, 6.07) is 3.61. The van der Waals surface area contributed by atoms with Crippen molar-refractivity contribution in [2.24, 2.45) is 0 Å². The smallest absolute Gasteiger partial charge is 0.274 e. The van der Waals surface area contributed by atoms with Crippen LogP contribution in [-0.4, -0.2) is 11.0 Å². The van der Waals surface area contributed by atoms with Gasteiger partial charge in [-0.1, -0.05) is 6.08 Å². The molecule has 1 N–H and O–H groups in total. The first kappa shape index (κ1) is 13.3. The molecule has 0 spiro atoms. The van der Waals surface area contributed by atoms with E-state index in [1.807, 2.05) is 6.92 Å². The molecule has 0 saturated carbocycles. The molecule has 0 bridgehead atoms. The molecular weight excluding hydrogens is 223 g/mol. The monoisotopic (exact) mass is 238 g/mol. The molecule has 1 aromatic rings. The van der Waals surface area contributed by atoms with Gasteiger partial charge in [0.05, 0.1) is 4.92 Å². The molecule has 0 heterocycles. The Hall–Kier alpha value is -1.75. The van der Waals surface area contributed by atoms with Crippen molar-refractivity contribution in [3.63, 3.8) is 0 Å². The third kappa shape index (κ3) is 3.96. The summed E-state index contributed by atoms with van der Waals surface area (Å²) in [4.78, 5) is 10.2. The summed E-state index contributed by atoms with van der Waals surface area (Å²) in [5.41, 5.74) is 0.288. The molecule has 1 unspecified atom stereocenters. The van der Waals surface area contributed by atoms with Crippen LogP contribution in [0, 0.1) is 15.9 Å². The van der Waals surface area contributed by atoms with Crippen LogP contribution >= 0.6 is 0 Å². The molecule has 1 aromatic carbocycles. The second-order valence-electron chi connectivity index (χ2n) is 3.84. The second kappa shape index (κ2) is 6.10. The van der Waals surface area contributed by atoms with Crippen LogP contribution in [0.15, 0.2) is 30.9 Å². The van der Waals surface area contributed by atoms with E-state index in [1.165, 1.54) is 12.1 Å². The highest BCUT2D eigenvalue weighted by Gasteiger charge is 2.14. The van der Waals surface area contributed by atoms with Crippen LogP contribution in [0.1, 0.15) is 18.9 Å². The molecule has 1 atom stereocenters. The quantitative estimate of drug-likeness (QED) is 0.471. The van der Waals surface area contributed by atoms with Crippen molar-refractivity contribution in [3.8, 4) is 0 Å². The van der Waals surface area contributed by atoms with Crippen molar-refractivity contribution >= 4 is 5.69 Å². The van der Waals surface area contributed by atoms with Crippen LogP contribution in [0.5, 0.6) is 0 Å². The number of nitro benzene ring substituents is 1. The van der Waals surface area contributed by atoms with Crippen molar-refractivity contribution in [2.45, 2.75) is 25.9 Å². The Kier molecular flexibility index (Phi) is 4.78. The van der Waals surface area contributed by atoms with Gasteiger partial charge in [-0.15, -0.1) is 6.58 Å². The average molecular weight is 238 g/mol. The van der Waals surface area contributed by atoms with Gasteiger partial charge in [0.15, 0.2) is 0 Å². The van der Waals surface area contributed by atoms with Gasteiger partial charge >= 0.3 is 0 Å². The fraction of sp³-hybridized carbons (Fsp3) is 0.333. The zero-order valence-corrected chi connectivity index (χ0v) is 9.65. The highest BCUT2D eigenvalue weighted by Crippen LogP contribution is 2.19. The lowest BCUT2D eigenvalue weighted by Gasteiger charge is -2.11. The Morgan fingerprint density at radius 1 is 1.65 bits per heavy atom. The molecule has 5 heteroatoms. The molecular formula is C12H15FN2O2. The van der Waals surface area contributed by atoms with Crippen molar-refractivity contribution in [2.75, 3.05) is 0 Å². The maximum atomic E-state index is 13.0. The van der Waals surface area contributed by atoms with Gasteiger partial charge in [0.1, 0.15) is 5.82 Å². The molecule has 0 fully saturated rings. The molecule has 0 aromatic heterocycles. The second-order valence-corrected chi connectivity index (χ2v) is 3.84. The summed E-state index contributed by atoms with van der Waals surface area (Å²) < 4.78 is 13.0. The number of hydrogen-bond acceptors (Lipinski definition) is 3. The number of nitro groups is 1. The molecule has 0 amide bonds. The van der Waals surface area contributed by atoms with E-state index in [0.717, 1.165) is 12.5 Å². The summed E-state index contributed by atoms with van der Waals surface area (Å²) >= 11 is 0. The molecule has 0 aliphatic carbocycles. The van der Waals surface area contributed by atoms with E-state index in [-0.39, 0.29) is 18.3 Å². The molecule has 0 radical (unpaired) electrons. The SMILES string of the molecule is C=CCC(C)NCc1cc(F)ccc1[N+](=O)[O-]. The first-order chi connectivity index (χ1) is 8.04. The number of halogens is 1. The summed E-state index contributed by atoms with van der Waals surface area (Å²) in [5, 5.41) is 13.8. The van der Waals surface area contributed by atoms with Crippen LogP contribution < -0.4 is 5.32 Å². The van der Waals surface area contributed by atoms with Crippen molar-refractivity contribution in [1.82, 2.24) is 5.32 Å². The van der Waals surface area contributed by atoms with Gasteiger partial charge in [-0.3, -0.25) is 10.1 Å². The topological polar surface area (TPSA) is 55.2 Å².